The molecular formula is C38H48ClF4N5O2. The van der Waals surface area contributed by atoms with Crippen molar-refractivity contribution in [3.05, 3.63) is 72.1 Å². The Bertz CT molecular complexity index is 1740. The number of carbonyl (C=O) groups is 1. The minimum absolute atomic E-state index is 0. The molecule has 4 heterocycles. The van der Waals surface area contributed by atoms with Crippen LogP contribution in [0.15, 0.2) is 60.9 Å². The fourth-order valence-corrected chi connectivity index (χ4v) is 7.30. The summed E-state index contributed by atoms with van der Waals surface area (Å²) in [4.78, 5) is 25.0. The van der Waals surface area contributed by atoms with Crippen LogP contribution in [-0.4, -0.2) is 53.8 Å². The highest BCUT2D eigenvalue weighted by atomic mass is 35.5. The summed E-state index contributed by atoms with van der Waals surface area (Å²) in [5, 5.41) is 1.50. The molecule has 12 heteroatoms. The summed E-state index contributed by atoms with van der Waals surface area (Å²) in [6.45, 7) is 13.1. The van der Waals surface area contributed by atoms with Crippen LogP contribution in [0, 0.1) is 17.8 Å². The number of nitrogens with zero attached hydrogens (tertiary/aromatic N) is 4. The van der Waals surface area contributed by atoms with Crippen molar-refractivity contribution >= 4 is 51.6 Å². The Labute approximate surface area is 298 Å². The van der Waals surface area contributed by atoms with Gasteiger partial charge in [-0.15, -0.1) is 12.4 Å². The van der Waals surface area contributed by atoms with Crippen molar-refractivity contribution in [1.82, 2.24) is 9.97 Å². The predicted molar refractivity (Wildman–Crippen MR) is 195 cm³/mol. The first-order valence-electron chi connectivity index (χ1n) is 17.0. The molecule has 2 aliphatic heterocycles. The third-order valence-electron chi connectivity index (χ3n) is 9.02. The number of benzene rings is 2. The van der Waals surface area contributed by atoms with Crippen LogP contribution in [-0.2, 0) is 9.53 Å². The molecule has 50 heavy (non-hydrogen) atoms. The monoisotopic (exact) mass is 717 g/mol. The van der Waals surface area contributed by atoms with Crippen LogP contribution >= 0.6 is 12.4 Å². The normalized spacial score (nSPS) is 21.2. The number of nitrogens with two attached hydrogens (primary N) is 1. The van der Waals surface area contributed by atoms with Crippen LogP contribution in [0.3, 0.4) is 0 Å². The van der Waals surface area contributed by atoms with Crippen molar-refractivity contribution in [2.45, 2.75) is 78.4 Å². The minimum atomic E-state index is -2.56. The highest BCUT2D eigenvalue weighted by Crippen LogP contribution is 2.37. The van der Waals surface area contributed by atoms with Crippen LogP contribution in [0.25, 0.3) is 21.8 Å². The highest BCUT2D eigenvalue weighted by molar-refractivity contribution is 5.95. The molecule has 0 radical (unpaired) electrons. The molecule has 0 aliphatic carbocycles. The summed E-state index contributed by atoms with van der Waals surface area (Å²) in [6.07, 6.45) is 0.336. The average molecular weight is 718 g/mol. The van der Waals surface area contributed by atoms with E-state index in [4.69, 9.17) is 10.5 Å². The average Bonchev–Trinajstić information content (AvgIpc) is 3.02. The molecule has 2 N–H and O–H groups in total. The zero-order chi connectivity index (χ0) is 35.5. The molecule has 7 nitrogen and oxygen atoms in total. The Hall–Kier alpha value is -3.70. The van der Waals surface area contributed by atoms with Crippen LogP contribution in [0.1, 0.15) is 77.9 Å². The molecule has 4 atom stereocenters. The lowest BCUT2D eigenvalue weighted by Crippen LogP contribution is -2.46. The summed E-state index contributed by atoms with van der Waals surface area (Å²) < 4.78 is 58.5. The largest absolute Gasteiger partial charge is 0.460 e. The maximum Gasteiger partial charge on any atom is 0.306 e. The Balaban J connectivity index is 0.000000229. The van der Waals surface area contributed by atoms with Crippen molar-refractivity contribution < 1.29 is 27.1 Å². The molecule has 0 unspecified atom stereocenters. The first-order chi connectivity index (χ1) is 23.2. The van der Waals surface area contributed by atoms with E-state index >= 15 is 0 Å². The molecule has 272 valence electrons. The lowest BCUT2D eigenvalue weighted by molar-refractivity contribution is -0.156. The van der Waals surface area contributed by atoms with E-state index < -0.39 is 18.5 Å². The second-order valence-corrected chi connectivity index (χ2v) is 14.7. The summed E-state index contributed by atoms with van der Waals surface area (Å²) >= 11 is 0. The SMILES string of the molecule is C[C@H]1C[C@@H](CC(=O)OC(C)(C)C)CN(c2ccc(C(F)F)c3ncccc23)C1.C[C@H]1C[C@@H](N)CN(c2ccc(C(F)F)c3ncccc23)C1.Cl. The Morgan fingerprint density at radius 2 is 1.28 bits per heavy atom. The van der Waals surface area contributed by atoms with Crippen molar-refractivity contribution in [3.63, 3.8) is 0 Å². The van der Waals surface area contributed by atoms with Crippen LogP contribution in [0.2, 0.25) is 0 Å². The lowest BCUT2D eigenvalue weighted by atomic mass is 9.87. The zero-order valence-corrected chi connectivity index (χ0v) is 30.1. The number of alkyl halides is 4. The molecule has 0 saturated carbocycles. The van der Waals surface area contributed by atoms with E-state index in [9.17, 15) is 22.4 Å². The fourth-order valence-electron chi connectivity index (χ4n) is 7.30. The number of piperidine rings is 2. The molecular weight excluding hydrogens is 670 g/mol. The number of fused-ring (bicyclic) bond motifs is 2. The van der Waals surface area contributed by atoms with Gasteiger partial charge in [0.05, 0.1) is 17.5 Å². The molecule has 0 amide bonds. The van der Waals surface area contributed by atoms with Gasteiger partial charge in [-0.2, -0.15) is 0 Å². The van der Waals surface area contributed by atoms with E-state index in [0.29, 0.717) is 35.8 Å². The Morgan fingerprint density at radius 1 is 0.800 bits per heavy atom. The van der Waals surface area contributed by atoms with E-state index in [2.05, 4.69) is 33.6 Å². The number of rotatable bonds is 6. The number of aromatic nitrogens is 2. The molecule has 4 aromatic rings. The number of hydrogen-bond acceptors (Lipinski definition) is 7. The quantitative estimate of drug-likeness (QED) is 0.157. The minimum Gasteiger partial charge on any atom is -0.460 e. The van der Waals surface area contributed by atoms with E-state index in [0.717, 1.165) is 54.6 Å². The number of pyridine rings is 2. The van der Waals surface area contributed by atoms with E-state index in [-0.39, 0.29) is 41.5 Å². The molecule has 0 spiro atoms. The molecule has 0 bridgehead atoms. The first kappa shape index (κ1) is 39.1. The number of carbonyl (C=O) groups excluding carboxylic acids is 1. The van der Waals surface area contributed by atoms with Crippen molar-refractivity contribution in [2.24, 2.45) is 23.5 Å². The van der Waals surface area contributed by atoms with E-state index in [1.54, 1.807) is 36.7 Å². The maximum absolute atomic E-state index is 13.4. The van der Waals surface area contributed by atoms with Crippen LogP contribution < -0.4 is 15.5 Å². The number of ether oxygens (including phenoxy) is 1. The molecule has 6 rings (SSSR count). The molecule has 2 fully saturated rings. The van der Waals surface area contributed by atoms with Crippen molar-refractivity contribution in [2.75, 3.05) is 36.0 Å². The second-order valence-electron chi connectivity index (χ2n) is 14.7. The second kappa shape index (κ2) is 16.5. The van der Waals surface area contributed by atoms with Crippen LogP contribution in [0.4, 0.5) is 28.9 Å². The molecule has 2 aromatic heterocycles. The smallest absolute Gasteiger partial charge is 0.306 e. The standard InChI is InChI=1S/C22H28F2N2O2.C16H19F2N3.ClH/c1-14-10-15(11-19(27)28-22(2,3)4)13-26(12-14)18-8-7-17(21(23)24)20-16(18)6-5-9-25-20;1-10-7-11(19)9-21(8-10)14-5-4-13(16(17)18)15-12(14)3-2-6-20-15;/h5-9,14-15,21H,10-13H2,1-4H3;2-6,10-11,16H,7-9,19H2,1H3;1H/t14-,15-;10-,11+;/m00./s1. The van der Waals surface area contributed by atoms with Gasteiger partial charge in [0.2, 0.25) is 0 Å². The number of esters is 1. The first-order valence-corrected chi connectivity index (χ1v) is 17.0. The van der Waals surface area contributed by atoms with Gasteiger partial charge in [-0.3, -0.25) is 14.8 Å². The van der Waals surface area contributed by atoms with Gasteiger partial charge in [0.15, 0.2) is 0 Å². The van der Waals surface area contributed by atoms with Gasteiger partial charge in [0.25, 0.3) is 12.9 Å². The molecule has 2 aliphatic rings. The maximum atomic E-state index is 13.4. The van der Waals surface area contributed by atoms with E-state index in [1.807, 2.05) is 32.9 Å². The van der Waals surface area contributed by atoms with Gasteiger partial charge in [-0.25, -0.2) is 17.6 Å². The summed E-state index contributed by atoms with van der Waals surface area (Å²) in [7, 11) is 0. The third kappa shape index (κ3) is 9.54. The number of halogens is 5. The van der Waals surface area contributed by atoms with Gasteiger partial charge >= 0.3 is 5.97 Å². The third-order valence-corrected chi connectivity index (χ3v) is 9.02. The molecule has 2 aromatic carbocycles. The Morgan fingerprint density at radius 3 is 1.74 bits per heavy atom. The van der Waals surface area contributed by atoms with Crippen molar-refractivity contribution in [1.29, 1.82) is 0 Å². The number of anilines is 2. The van der Waals surface area contributed by atoms with Gasteiger partial charge in [-0.1, -0.05) is 13.8 Å². The van der Waals surface area contributed by atoms with Crippen LogP contribution in [0.5, 0.6) is 0 Å². The summed E-state index contributed by atoms with van der Waals surface area (Å²) in [5.74, 6) is 0.865. The molecule has 2 saturated heterocycles. The number of hydrogen-bond donors (Lipinski definition) is 1. The predicted octanol–water partition coefficient (Wildman–Crippen LogP) is 9.13. The van der Waals surface area contributed by atoms with Gasteiger partial charge in [-0.05, 0) is 99.9 Å². The summed E-state index contributed by atoms with van der Waals surface area (Å²) in [5.41, 5.74) is 8.12. The van der Waals surface area contributed by atoms with Gasteiger partial charge in [0.1, 0.15) is 5.60 Å². The zero-order valence-electron chi connectivity index (χ0n) is 29.3. The van der Waals surface area contributed by atoms with E-state index in [1.165, 1.54) is 12.1 Å². The summed E-state index contributed by atoms with van der Waals surface area (Å²) in [6, 6.07) is 13.9. The lowest BCUT2D eigenvalue weighted by Gasteiger charge is -2.38. The fraction of sp³-hybridized carbons (Fsp3) is 0.500. The highest BCUT2D eigenvalue weighted by Gasteiger charge is 2.30. The van der Waals surface area contributed by atoms with Gasteiger partial charge < -0.3 is 20.3 Å². The van der Waals surface area contributed by atoms with Crippen molar-refractivity contribution in [3.8, 4) is 0 Å². The van der Waals surface area contributed by atoms with Gasteiger partial charge in [0, 0.05) is 77.9 Å². The Kier molecular flexibility index (Phi) is 12.9. The topological polar surface area (TPSA) is 84.6 Å².